The molecule has 0 bridgehead atoms. The molecule has 3 heterocycles. The molecular formula is C17H23N5O2. The summed E-state index contributed by atoms with van der Waals surface area (Å²) in [6, 6.07) is 8.43. The fourth-order valence-corrected chi connectivity index (χ4v) is 3.68. The molecule has 2 aliphatic rings. The van der Waals surface area contributed by atoms with Crippen molar-refractivity contribution in [3.05, 3.63) is 35.7 Å². The van der Waals surface area contributed by atoms with Gasteiger partial charge in [-0.25, -0.2) is 4.68 Å². The summed E-state index contributed by atoms with van der Waals surface area (Å²) in [7, 11) is 1.89. The SMILES string of the molecule is CC(c1nnnn1C)N1Cc2ccccc2OC2(CCOCC2)C1. The maximum atomic E-state index is 6.53. The monoisotopic (exact) mass is 329 g/mol. The molecule has 0 amide bonds. The van der Waals surface area contributed by atoms with Crippen LogP contribution in [-0.4, -0.2) is 50.5 Å². The van der Waals surface area contributed by atoms with Crippen LogP contribution in [0.1, 0.15) is 37.2 Å². The number of nitrogens with zero attached hydrogens (tertiary/aromatic N) is 5. The number of aryl methyl sites for hydroxylation is 1. The first-order valence-corrected chi connectivity index (χ1v) is 8.48. The molecular weight excluding hydrogens is 306 g/mol. The third-order valence-corrected chi connectivity index (χ3v) is 5.14. The van der Waals surface area contributed by atoms with Crippen LogP contribution in [0.4, 0.5) is 0 Å². The molecule has 1 fully saturated rings. The van der Waals surface area contributed by atoms with Gasteiger partial charge in [0.05, 0.1) is 19.3 Å². The number of rotatable bonds is 2. The van der Waals surface area contributed by atoms with Crippen LogP contribution in [0.2, 0.25) is 0 Å². The number of benzene rings is 1. The van der Waals surface area contributed by atoms with Gasteiger partial charge in [-0.05, 0) is 23.4 Å². The van der Waals surface area contributed by atoms with Crippen LogP contribution in [0.5, 0.6) is 5.75 Å². The van der Waals surface area contributed by atoms with E-state index in [-0.39, 0.29) is 11.6 Å². The van der Waals surface area contributed by atoms with Crippen molar-refractivity contribution in [1.82, 2.24) is 25.1 Å². The predicted molar refractivity (Wildman–Crippen MR) is 87.5 cm³/mol. The molecule has 4 rings (SSSR count). The molecule has 1 atom stereocenters. The van der Waals surface area contributed by atoms with Gasteiger partial charge in [-0.2, -0.15) is 0 Å². The van der Waals surface area contributed by atoms with Gasteiger partial charge < -0.3 is 9.47 Å². The molecule has 1 aromatic carbocycles. The second-order valence-electron chi connectivity index (χ2n) is 6.75. The molecule has 128 valence electrons. The molecule has 0 saturated carbocycles. The summed E-state index contributed by atoms with van der Waals surface area (Å²) in [6.45, 7) is 5.32. The predicted octanol–water partition coefficient (Wildman–Crippen LogP) is 1.71. The van der Waals surface area contributed by atoms with Crippen molar-refractivity contribution >= 4 is 0 Å². The first-order valence-electron chi connectivity index (χ1n) is 8.48. The average Bonchev–Trinajstić information content (AvgIpc) is 2.95. The zero-order chi connectivity index (χ0) is 16.6. The fourth-order valence-electron chi connectivity index (χ4n) is 3.68. The zero-order valence-electron chi connectivity index (χ0n) is 14.2. The van der Waals surface area contributed by atoms with E-state index >= 15 is 0 Å². The van der Waals surface area contributed by atoms with Crippen molar-refractivity contribution in [2.75, 3.05) is 19.8 Å². The van der Waals surface area contributed by atoms with Crippen LogP contribution in [0.3, 0.4) is 0 Å². The van der Waals surface area contributed by atoms with Crippen molar-refractivity contribution in [2.45, 2.75) is 38.0 Å². The van der Waals surface area contributed by atoms with E-state index < -0.39 is 0 Å². The third kappa shape index (κ3) is 2.78. The number of hydrogen-bond donors (Lipinski definition) is 0. The second kappa shape index (κ2) is 6.14. The summed E-state index contributed by atoms with van der Waals surface area (Å²) < 4.78 is 13.9. The first-order chi connectivity index (χ1) is 11.7. The van der Waals surface area contributed by atoms with Gasteiger partial charge in [0.1, 0.15) is 11.4 Å². The van der Waals surface area contributed by atoms with E-state index in [0.29, 0.717) is 0 Å². The van der Waals surface area contributed by atoms with Crippen LogP contribution in [0.15, 0.2) is 24.3 Å². The Labute approximate surface area is 141 Å². The number of aromatic nitrogens is 4. The van der Waals surface area contributed by atoms with E-state index in [1.165, 1.54) is 5.56 Å². The molecule has 24 heavy (non-hydrogen) atoms. The van der Waals surface area contributed by atoms with Crippen molar-refractivity contribution in [2.24, 2.45) is 7.05 Å². The van der Waals surface area contributed by atoms with Gasteiger partial charge in [0, 0.05) is 38.5 Å². The normalized spacial score (nSPS) is 21.8. The quantitative estimate of drug-likeness (QED) is 0.836. The van der Waals surface area contributed by atoms with Gasteiger partial charge in [-0.3, -0.25) is 4.90 Å². The summed E-state index contributed by atoms with van der Waals surface area (Å²) in [5.41, 5.74) is 1.01. The van der Waals surface area contributed by atoms with Gasteiger partial charge in [-0.1, -0.05) is 18.2 Å². The molecule has 2 aliphatic heterocycles. The summed E-state index contributed by atoms with van der Waals surface area (Å²) in [4.78, 5) is 2.42. The average molecular weight is 329 g/mol. The van der Waals surface area contributed by atoms with Gasteiger partial charge >= 0.3 is 0 Å². The van der Waals surface area contributed by atoms with Crippen LogP contribution >= 0.6 is 0 Å². The fraction of sp³-hybridized carbons (Fsp3) is 0.588. The molecule has 7 nitrogen and oxygen atoms in total. The van der Waals surface area contributed by atoms with Crippen molar-refractivity contribution in [3.8, 4) is 5.75 Å². The molecule has 1 unspecified atom stereocenters. The minimum absolute atomic E-state index is 0.111. The molecule has 7 heteroatoms. The Kier molecular flexibility index (Phi) is 3.97. The molecule has 1 saturated heterocycles. The zero-order valence-corrected chi connectivity index (χ0v) is 14.2. The third-order valence-electron chi connectivity index (χ3n) is 5.14. The van der Waals surface area contributed by atoms with Gasteiger partial charge in [0.15, 0.2) is 5.82 Å². The van der Waals surface area contributed by atoms with Crippen molar-refractivity contribution in [1.29, 1.82) is 0 Å². The summed E-state index contributed by atoms with van der Waals surface area (Å²) >= 11 is 0. The largest absolute Gasteiger partial charge is 0.485 e. The van der Waals surface area contributed by atoms with Crippen LogP contribution in [0.25, 0.3) is 0 Å². The Balaban J connectivity index is 1.70. The van der Waals surface area contributed by atoms with E-state index in [1.54, 1.807) is 4.68 Å². The maximum Gasteiger partial charge on any atom is 0.167 e. The molecule has 2 aromatic rings. The van der Waals surface area contributed by atoms with E-state index in [9.17, 15) is 0 Å². The standard InChI is InChI=1S/C17H23N5O2/c1-13(16-18-19-20-21(16)2)22-11-14-5-3-4-6-15(14)24-17(12-22)7-9-23-10-8-17/h3-6,13H,7-12H2,1-2H3. The van der Waals surface area contributed by atoms with E-state index in [2.05, 4.69) is 45.5 Å². The topological polar surface area (TPSA) is 65.3 Å². The summed E-state index contributed by atoms with van der Waals surface area (Å²) in [5.74, 6) is 1.86. The summed E-state index contributed by atoms with van der Waals surface area (Å²) in [6.07, 6.45) is 1.81. The van der Waals surface area contributed by atoms with Gasteiger partial charge in [-0.15, -0.1) is 5.10 Å². The maximum absolute atomic E-state index is 6.53. The smallest absolute Gasteiger partial charge is 0.167 e. The van der Waals surface area contributed by atoms with E-state index in [4.69, 9.17) is 9.47 Å². The van der Waals surface area contributed by atoms with Crippen molar-refractivity contribution < 1.29 is 9.47 Å². The Bertz CT molecular complexity index is 711. The first kappa shape index (κ1) is 15.5. The molecule has 0 radical (unpaired) electrons. The molecule has 1 spiro atoms. The lowest BCUT2D eigenvalue weighted by Crippen LogP contribution is -2.50. The number of hydrogen-bond acceptors (Lipinski definition) is 6. The highest BCUT2D eigenvalue weighted by atomic mass is 16.5. The highest BCUT2D eigenvalue weighted by molar-refractivity contribution is 5.35. The number of para-hydroxylation sites is 1. The Morgan fingerprint density at radius 3 is 2.75 bits per heavy atom. The number of fused-ring (bicyclic) bond motifs is 1. The number of tetrazole rings is 1. The summed E-state index contributed by atoms with van der Waals surface area (Å²) in [5, 5.41) is 12.0. The Morgan fingerprint density at radius 1 is 1.21 bits per heavy atom. The van der Waals surface area contributed by atoms with Crippen LogP contribution in [-0.2, 0) is 18.3 Å². The Morgan fingerprint density at radius 2 is 2.00 bits per heavy atom. The number of ether oxygens (including phenoxy) is 2. The second-order valence-corrected chi connectivity index (χ2v) is 6.75. The lowest BCUT2D eigenvalue weighted by molar-refractivity contribution is -0.0635. The lowest BCUT2D eigenvalue weighted by Gasteiger charge is -2.40. The van der Waals surface area contributed by atoms with Crippen LogP contribution < -0.4 is 4.74 Å². The highest BCUT2D eigenvalue weighted by Gasteiger charge is 2.41. The molecule has 0 aliphatic carbocycles. The van der Waals surface area contributed by atoms with Crippen LogP contribution in [0, 0.1) is 0 Å². The minimum atomic E-state index is -0.203. The Hall–Kier alpha value is -1.99. The van der Waals surface area contributed by atoms with Crippen molar-refractivity contribution in [3.63, 3.8) is 0 Å². The minimum Gasteiger partial charge on any atom is -0.485 e. The van der Waals surface area contributed by atoms with E-state index in [1.807, 2.05) is 13.1 Å². The van der Waals surface area contributed by atoms with Gasteiger partial charge in [0.25, 0.3) is 0 Å². The highest BCUT2D eigenvalue weighted by Crippen LogP contribution is 2.37. The lowest BCUT2D eigenvalue weighted by atomic mass is 9.93. The van der Waals surface area contributed by atoms with Gasteiger partial charge in [0.2, 0.25) is 0 Å². The molecule has 0 N–H and O–H groups in total. The van der Waals surface area contributed by atoms with E-state index in [0.717, 1.165) is 50.7 Å². The molecule has 1 aromatic heterocycles.